The van der Waals surface area contributed by atoms with Crippen LogP contribution in [0.3, 0.4) is 0 Å². The Balaban J connectivity index is 3.99. The Morgan fingerprint density at radius 1 is 1.00 bits per heavy atom. The SMILES string of the molecule is CCCCCCC(CCC(=O)OO)CC(=O)OO. The van der Waals surface area contributed by atoms with Crippen LogP contribution in [0.5, 0.6) is 0 Å². The summed E-state index contributed by atoms with van der Waals surface area (Å²) in [6, 6.07) is 0. The molecule has 0 saturated heterocycles. The molecular weight excluding hydrogens is 240 g/mol. The van der Waals surface area contributed by atoms with E-state index in [9.17, 15) is 9.59 Å². The third-order valence-corrected chi connectivity index (χ3v) is 2.88. The summed E-state index contributed by atoms with van der Waals surface area (Å²) in [6.07, 6.45) is 5.64. The summed E-state index contributed by atoms with van der Waals surface area (Å²) < 4.78 is 0. The van der Waals surface area contributed by atoms with E-state index >= 15 is 0 Å². The van der Waals surface area contributed by atoms with Crippen molar-refractivity contribution in [2.45, 2.75) is 58.3 Å². The first-order valence-electron chi connectivity index (χ1n) is 6.32. The zero-order valence-electron chi connectivity index (χ0n) is 10.8. The van der Waals surface area contributed by atoms with Gasteiger partial charge in [0.2, 0.25) is 0 Å². The largest absolute Gasteiger partial charge is 0.342 e. The molecule has 2 N–H and O–H groups in total. The minimum atomic E-state index is -0.717. The van der Waals surface area contributed by atoms with Gasteiger partial charge in [0.25, 0.3) is 0 Å². The van der Waals surface area contributed by atoms with Crippen molar-refractivity contribution in [1.29, 1.82) is 0 Å². The van der Waals surface area contributed by atoms with Crippen molar-refractivity contribution in [3.05, 3.63) is 0 Å². The highest BCUT2D eigenvalue weighted by Gasteiger charge is 2.17. The van der Waals surface area contributed by atoms with Crippen molar-refractivity contribution < 1.29 is 29.9 Å². The molecule has 0 heterocycles. The monoisotopic (exact) mass is 262 g/mol. The van der Waals surface area contributed by atoms with Gasteiger partial charge in [-0.15, -0.1) is 0 Å². The maximum Gasteiger partial charge on any atom is 0.342 e. The topological polar surface area (TPSA) is 93.1 Å². The third kappa shape index (κ3) is 8.95. The second-order valence-electron chi connectivity index (χ2n) is 4.38. The van der Waals surface area contributed by atoms with E-state index in [2.05, 4.69) is 16.7 Å². The smallest absolute Gasteiger partial charge is 0.301 e. The van der Waals surface area contributed by atoms with Gasteiger partial charge in [-0.2, -0.15) is 10.5 Å². The summed E-state index contributed by atoms with van der Waals surface area (Å²) in [5, 5.41) is 16.4. The lowest BCUT2D eigenvalue weighted by Gasteiger charge is -2.13. The van der Waals surface area contributed by atoms with Crippen molar-refractivity contribution in [1.82, 2.24) is 0 Å². The van der Waals surface area contributed by atoms with E-state index in [1.54, 1.807) is 0 Å². The van der Waals surface area contributed by atoms with Gasteiger partial charge < -0.3 is 9.78 Å². The molecule has 0 bridgehead atoms. The van der Waals surface area contributed by atoms with Crippen molar-refractivity contribution in [3.63, 3.8) is 0 Å². The normalized spacial score (nSPS) is 11.9. The molecule has 0 radical (unpaired) electrons. The summed E-state index contributed by atoms with van der Waals surface area (Å²) in [5.74, 6) is -1.46. The van der Waals surface area contributed by atoms with E-state index in [4.69, 9.17) is 10.5 Å². The molecule has 0 amide bonds. The van der Waals surface area contributed by atoms with Gasteiger partial charge in [0.1, 0.15) is 0 Å². The fourth-order valence-corrected chi connectivity index (χ4v) is 1.85. The maximum absolute atomic E-state index is 11.0. The van der Waals surface area contributed by atoms with E-state index in [0.29, 0.717) is 6.42 Å². The molecule has 106 valence electrons. The molecule has 0 aliphatic heterocycles. The van der Waals surface area contributed by atoms with Crippen molar-refractivity contribution in [3.8, 4) is 0 Å². The molecule has 0 aliphatic carbocycles. The second-order valence-corrected chi connectivity index (χ2v) is 4.38. The molecule has 0 aliphatic rings. The van der Waals surface area contributed by atoms with E-state index in [1.165, 1.54) is 0 Å². The highest BCUT2D eigenvalue weighted by atomic mass is 17.1. The molecule has 0 saturated carbocycles. The number of rotatable bonds is 10. The van der Waals surface area contributed by atoms with Crippen molar-refractivity contribution >= 4 is 11.9 Å². The number of carbonyl (C=O) groups excluding carboxylic acids is 2. The standard InChI is InChI=1S/C12H22O6/c1-2-3-4-5-6-10(9-12(14)18-16)7-8-11(13)17-15/h10,15-16H,2-9H2,1H3. The van der Waals surface area contributed by atoms with Gasteiger partial charge in [-0.05, 0) is 18.8 Å². The predicted octanol–water partition coefficient (Wildman–Crippen LogP) is 2.78. The molecule has 1 unspecified atom stereocenters. The summed E-state index contributed by atoms with van der Waals surface area (Å²) in [7, 11) is 0. The summed E-state index contributed by atoms with van der Waals surface area (Å²) in [4.78, 5) is 29.0. The van der Waals surface area contributed by atoms with Gasteiger partial charge in [-0.25, -0.2) is 9.59 Å². The van der Waals surface area contributed by atoms with Crippen LogP contribution in [-0.4, -0.2) is 22.5 Å². The fraction of sp³-hybridized carbons (Fsp3) is 0.833. The highest BCUT2D eigenvalue weighted by molar-refractivity contribution is 5.70. The van der Waals surface area contributed by atoms with Crippen LogP contribution < -0.4 is 0 Å². The minimum Gasteiger partial charge on any atom is -0.301 e. The van der Waals surface area contributed by atoms with Gasteiger partial charge in [-0.3, -0.25) is 0 Å². The highest BCUT2D eigenvalue weighted by Crippen LogP contribution is 2.20. The van der Waals surface area contributed by atoms with E-state index in [0.717, 1.165) is 32.1 Å². The minimum absolute atomic E-state index is 0.0411. The first kappa shape index (κ1) is 16.9. The number of unbranched alkanes of at least 4 members (excludes halogenated alkanes) is 3. The molecule has 0 rings (SSSR count). The fourth-order valence-electron chi connectivity index (χ4n) is 1.85. The van der Waals surface area contributed by atoms with Gasteiger partial charge in [0, 0.05) is 6.42 Å². The summed E-state index contributed by atoms with van der Waals surface area (Å²) in [6.45, 7) is 2.11. The molecule has 0 aromatic carbocycles. The molecular formula is C12H22O6. The lowest BCUT2D eigenvalue weighted by Crippen LogP contribution is -2.13. The molecule has 1 atom stereocenters. The van der Waals surface area contributed by atoms with Crippen LogP contribution in [0.25, 0.3) is 0 Å². The Bertz CT molecular complexity index is 241. The van der Waals surface area contributed by atoms with E-state index < -0.39 is 11.9 Å². The quantitative estimate of drug-likeness (QED) is 0.357. The van der Waals surface area contributed by atoms with Crippen LogP contribution in [-0.2, 0) is 19.4 Å². The van der Waals surface area contributed by atoms with Gasteiger partial charge in [0.05, 0.1) is 6.42 Å². The molecule has 6 heteroatoms. The van der Waals surface area contributed by atoms with Gasteiger partial charge in [0.15, 0.2) is 0 Å². The Kier molecular flexibility index (Phi) is 10.3. The van der Waals surface area contributed by atoms with E-state index in [-0.39, 0.29) is 18.8 Å². The average Bonchev–Trinajstić information content (AvgIpc) is 2.39. The molecule has 0 aromatic heterocycles. The molecule has 0 fully saturated rings. The lowest BCUT2D eigenvalue weighted by molar-refractivity contribution is -0.236. The van der Waals surface area contributed by atoms with Gasteiger partial charge in [-0.1, -0.05) is 32.6 Å². The van der Waals surface area contributed by atoms with Crippen LogP contribution in [0.15, 0.2) is 0 Å². The number of carbonyl (C=O) groups is 2. The number of hydrogen-bond acceptors (Lipinski definition) is 6. The van der Waals surface area contributed by atoms with Crippen molar-refractivity contribution in [2.24, 2.45) is 5.92 Å². The first-order chi connectivity index (χ1) is 8.63. The van der Waals surface area contributed by atoms with Crippen LogP contribution >= 0.6 is 0 Å². The Morgan fingerprint density at radius 3 is 2.22 bits per heavy atom. The molecule has 6 nitrogen and oxygen atoms in total. The first-order valence-corrected chi connectivity index (χ1v) is 6.32. The summed E-state index contributed by atoms with van der Waals surface area (Å²) >= 11 is 0. The van der Waals surface area contributed by atoms with Crippen LogP contribution in [0.2, 0.25) is 0 Å². The van der Waals surface area contributed by atoms with Crippen LogP contribution in [0.1, 0.15) is 58.3 Å². The second kappa shape index (κ2) is 11.0. The third-order valence-electron chi connectivity index (χ3n) is 2.88. The Hall–Kier alpha value is -1.14. The summed E-state index contributed by atoms with van der Waals surface area (Å²) in [5.41, 5.74) is 0. The number of hydrogen-bond donors (Lipinski definition) is 2. The Labute approximate surface area is 107 Å². The zero-order valence-corrected chi connectivity index (χ0v) is 10.8. The van der Waals surface area contributed by atoms with E-state index in [1.807, 2.05) is 0 Å². The molecule has 0 spiro atoms. The molecule has 0 aromatic rings. The predicted molar refractivity (Wildman–Crippen MR) is 63.5 cm³/mol. The van der Waals surface area contributed by atoms with Gasteiger partial charge >= 0.3 is 11.9 Å². The van der Waals surface area contributed by atoms with Crippen LogP contribution in [0.4, 0.5) is 0 Å². The molecule has 18 heavy (non-hydrogen) atoms. The lowest BCUT2D eigenvalue weighted by atomic mass is 9.93. The Morgan fingerprint density at radius 2 is 1.67 bits per heavy atom. The zero-order chi connectivity index (χ0) is 13.8. The van der Waals surface area contributed by atoms with Crippen molar-refractivity contribution in [2.75, 3.05) is 0 Å². The maximum atomic E-state index is 11.0. The van der Waals surface area contributed by atoms with Crippen LogP contribution in [0, 0.1) is 5.92 Å². The average molecular weight is 262 g/mol.